The van der Waals surface area contributed by atoms with Crippen molar-refractivity contribution in [2.75, 3.05) is 6.54 Å². The minimum atomic E-state index is -3.73. The number of aliphatic hydroxyl groups is 2. The molecule has 1 unspecified atom stereocenters. The first-order valence-corrected chi connectivity index (χ1v) is 17.2. The Labute approximate surface area is 237 Å². The van der Waals surface area contributed by atoms with Crippen molar-refractivity contribution >= 4 is 16.1 Å². The second-order valence-electron chi connectivity index (χ2n) is 15.3. The number of carbonyl (C=O) groups is 1. The smallest absolute Gasteiger partial charge is 0.328 e. The van der Waals surface area contributed by atoms with Crippen LogP contribution in [0.3, 0.4) is 0 Å². The lowest BCUT2D eigenvalue weighted by Crippen LogP contribution is -2.51. The van der Waals surface area contributed by atoms with Gasteiger partial charge < -0.3 is 15.5 Å². The Hall–Kier alpha value is -0.860. The molecular weight excluding hydrogens is 512 g/mol. The Morgan fingerprint density at radius 1 is 0.974 bits per heavy atom. The highest BCUT2D eigenvalue weighted by atomic mass is 32.2. The first kappa shape index (κ1) is 31.1. The monoisotopic (exact) mass is 568 g/mol. The molecule has 4 aliphatic carbocycles. The van der Waals surface area contributed by atoms with Crippen LogP contribution in [0.4, 0.5) is 4.79 Å². The van der Waals surface area contributed by atoms with Crippen molar-refractivity contribution in [1.29, 1.82) is 0 Å². The molecular formula is C31H56N2O5S. The van der Waals surface area contributed by atoms with Crippen LogP contribution in [0.25, 0.3) is 0 Å². The van der Waals surface area contributed by atoms with Crippen LogP contribution in [-0.2, 0) is 10.0 Å². The highest BCUT2D eigenvalue weighted by molar-refractivity contribution is 7.91. The van der Waals surface area contributed by atoms with Crippen molar-refractivity contribution in [3.05, 3.63) is 0 Å². The maximum absolute atomic E-state index is 12.3. The largest absolute Gasteiger partial charge is 0.393 e. The van der Waals surface area contributed by atoms with Crippen LogP contribution in [0.1, 0.15) is 113 Å². The van der Waals surface area contributed by atoms with Gasteiger partial charge in [-0.3, -0.25) is 0 Å². The van der Waals surface area contributed by atoms with E-state index in [0.29, 0.717) is 42.1 Å². The fourth-order valence-electron chi connectivity index (χ4n) is 10.1. The van der Waals surface area contributed by atoms with Crippen LogP contribution < -0.4 is 10.0 Å². The highest BCUT2D eigenvalue weighted by Gasteiger charge is 2.61. The topological polar surface area (TPSA) is 116 Å². The molecule has 39 heavy (non-hydrogen) atoms. The van der Waals surface area contributed by atoms with E-state index in [1.54, 1.807) is 20.8 Å². The molecule has 0 aromatic carbocycles. The number of urea groups is 1. The van der Waals surface area contributed by atoms with Gasteiger partial charge in [0.15, 0.2) is 0 Å². The molecule has 0 radical (unpaired) electrons. The number of nitrogens with one attached hydrogen (secondary N) is 2. The van der Waals surface area contributed by atoms with Crippen molar-refractivity contribution in [3.63, 3.8) is 0 Å². The second-order valence-corrected chi connectivity index (χ2v) is 17.7. The fraction of sp³-hybridized carbons (Fsp3) is 0.968. The Morgan fingerprint density at radius 3 is 2.26 bits per heavy atom. The van der Waals surface area contributed by atoms with Crippen molar-refractivity contribution in [3.8, 4) is 0 Å². The molecule has 4 rings (SSSR count). The lowest BCUT2D eigenvalue weighted by molar-refractivity contribution is -0.0964. The minimum Gasteiger partial charge on any atom is -0.393 e. The molecule has 2 amide bonds. The number of fused-ring (bicyclic) bond motifs is 5. The molecule has 0 aromatic heterocycles. The van der Waals surface area contributed by atoms with Crippen molar-refractivity contribution in [2.24, 2.45) is 52.3 Å². The summed E-state index contributed by atoms with van der Waals surface area (Å²) >= 11 is 0. The van der Waals surface area contributed by atoms with Gasteiger partial charge in [0.1, 0.15) is 0 Å². The Balaban J connectivity index is 1.44. The Morgan fingerprint density at radius 2 is 1.62 bits per heavy atom. The van der Waals surface area contributed by atoms with Gasteiger partial charge >= 0.3 is 6.03 Å². The van der Waals surface area contributed by atoms with E-state index < -0.39 is 20.8 Å². The summed E-state index contributed by atoms with van der Waals surface area (Å²) < 4.78 is 25.7. The molecule has 4 aliphatic rings. The highest BCUT2D eigenvalue weighted by Crippen LogP contribution is 2.68. The third-order valence-electron chi connectivity index (χ3n) is 12.3. The SMILES string of the molecule is CC[C@H]1C(O)C[C@H]2[C@H](CC[C@]3(C)[C@@H]([C@H](C)CCNC(=O)NS(=O)(=O)C(C)(C)C)CC[C@@H]23)[C@@]2(C)CC[C@@H](O)C[C@@H]12. The van der Waals surface area contributed by atoms with Gasteiger partial charge in [-0.2, -0.15) is 0 Å². The summed E-state index contributed by atoms with van der Waals surface area (Å²) in [4.78, 5) is 12.3. The zero-order valence-electron chi connectivity index (χ0n) is 25.5. The third-order valence-corrected chi connectivity index (χ3v) is 14.4. The second kappa shape index (κ2) is 11.1. The molecule has 7 nitrogen and oxygen atoms in total. The van der Waals surface area contributed by atoms with E-state index in [4.69, 9.17) is 0 Å². The van der Waals surface area contributed by atoms with E-state index in [2.05, 4.69) is 37.7 Å². The molecule has 0 heterocycles. The number of hydrogen-bond donors (Lipinski definition) is 4. The summed E-state index contributed by atoms with van der Waals surface area (Å²) in [5.41, 5.74) is 0.419. The Bertz CT molecular complexity index is 995. The number of amides is 2. The van der Waals surface area contributed by atoms with Crippen LogP contribution in [0.2, 0.25) is 0 Å². The Kier molecular flexibility index (Phi) is 8.84. The van der Waals surface area contributed by atoms with Gasteiger partial charge in [-0.1, -0.05) is 34.1 Å². The molecule has 4 saturated carbocycles. The number of aliphatic hydroxyl groups excluding tert-OH is 2. The summed E-state index contributed by atoms with van der Waals surface area (Å²) in [6, 6.07) is -0.647. The standard InChI is InChI=1S/C31H56N2O5S/c1-8-21-26-17-20(34)11-14-31(26,7)25-12-15-30(6)23(9-10-24(30)22(25)18-27(21)35)19(2)13-16-32-28(36)33-39(37,38)29(3,4)5/h19-27,34-35H,8-18H2,1-7H3,(H2,32,33,36)/t19-,20-,21-,22-,23-,24+,25+,26+,27?,30-,31-/m1/s1. The maximum Gasteiger partial charge on any atom is 0.328 e. The summed E-state index contributed by atoms with van der Waals surface area (Å²) in [5.74, 6) is 3.40. The van der Waals surface area contributed by atoms with Crippen molar-refractivity contribution < 1.29 is 23.4 Å². The minimum absolute atomic E-state index is 0.192. The molecule has 8 heteroatoms. The van der Waals surface area contributed by atoms with Crippen LogP contribution in [0, 0.1) is 52.3 Å². The lowest BCUT2D eigenvalue weighted by atomic mass is 9.48. The van der Waals surface area contributed by atoms with Crippen LogP contribution in [-0.4, -0.2) is 48.2 Å². The molecule has 11 atom stereocenters. The van der Waals surface area contributed by atoms with Gasteiger partial charge in [-0.25, -0.2) is 17.9 Å². The lowest BCUT2D eigenvalue weighted by Gasteiger charge is -2.57. The molecule has 4 N–H and O–H groups in total. The molecule has 0 aromatic rings. The van der Waals surface area contributed by atoms with E-state index in [9.17, 15) is 23.4 Å². The third kappa shape index (κ3) is 5.64. The fourth-order valence-corrected chi connectivity index (χ4v) is 10.7. The van der Waals surface area contributed by atoms with E-state index in [1.165, 1.54) is 25.7 Å². The zero-order valence-corrected chi connectivity index (χ0v) is 26.3. The van der Waals surface area contributed by atoms with Crippen LogP contribution in [0.15, 0.2) is 0 Å². The van der Waals surface area contributed by atoms with E-state index in [0.717, 1.165) is 38.5 Å². The van der Waals surface area contributed by atoms with Gasteiger partial charge in [-0.05, 0) is 131 Å². The number of rotatable bonds is 6. The molecule has 0 saturated heterocycles. The van der Waals surface area contributed by atoms with Crippen molar-refractivity contribution in [1.82, 2.24) is 10.0 Å². The molecule has 226 valence electrons. The van der Waals surface area contributed by atoms with E-state index in [1.807, 2.05) is 0 Å². The molecule has 0 bridgehead atoms. The number of hydrogen-bond acceptors (Lipinski definition) is 5. The van der Waals surface area contributed by atoms with Gasteiger partial charge in [0.2, 0.25) is 10.0 Å². The summed E-state index contributed by atoms with van der Waals surface area (Å²) in [7, 11) is -3.73. The zero-order chi connectivity index (χ0) is 29.0. The first-order chi connectivity index (χ1) is 18.0. The summed E-state index contributed by atoms with van der Waals surface area (Å²) in [5, 5.41) is 24.9. The van der Waals surface area contributed by atoms with E-state index in [-0.39, 0.29) is 29.0 Å². The maximum atomic E-state index is 12.3. The van der Waals surface area contributed by atoms with Gasteiger partial charge in [0.05, 0.1) is 17.0 Å². The predicted molar refractivity (Wildman–Crippen MR) is 155 cm³/mol. The molecule has 0 aliphatic heterocycles. The van der Waals surface area contributed by atoms with Crippen molar-refractivity contribution in [2.45, 2.75) is 130 Å². The molecule has 4 fully saturated rings. The number of carbonyl (C=O) groups excluding carboxylic acids is 1. The first-order valence-electron chi connectivity index (χ1n) is 15.7. The van der Waals surface area contributed by atoms with Gasteiger partial charge in [0, 0.05) is 6.54 Å². The van der Waals surface area contributed by atoms with Gasteiger partial charge in [0.25, 0.3) is 0 Å². The average Bonchev–Trinajstić information content (AvgIpc) is 3.14. The van der Waals surface area contributed by atoms with Crippen LogP contribution >= 0.6 is 0 Å². The summed E-state index contributed by atoms with van der Waals surface area (Å²) in [6.07, 6.45) is 9.80. The quantitative estimate of drug-likeness (QED) is 0.340. The predicted octanol–water partition coefficient (Wildman–Crippen LogP) is 5.46. The molecule has 0 spiro atoms. The van der Waals surface area contributed by atoms with Crippen LogP contribution in [0.5, 0.6) is 0 Å². The normalized spacial score (nSPS) is 43.4. The van der Waals surface area contributed by atoms with Gasteiger partial charge in [-0.15, -0.1) is 0 Å². The van der Waals surface area contributed by atoms with E-state index >= 15 is 0 Å². The average molecular weight is 569 g/mol. The number of sulfonamides is 1. The summed E-state index contributed by atoms with van der Waals surface area (Å²) in [6.45, 7) is 14.7.